The summed E-state index contributed by atoms with van der Waals surface area (Å²) >= 11 is 18.4. The predicted molar refractivity (Wildman–Crippen MR) is 118 cm³/mol. The van der Waals surface area contributed by atoms with Crippen molar-refractivity contribution in [1.29, 1.82) is 5.26 Å². The lowest BCUT2D eigenvalue weighted by atomic mass is 10.1. The second-order valence-electron chi connectivity index (χ2n) is 6.08. The Bertz CT molecular complexity index is 1060. The third-order valence-corrected chi connectivity index (χ3v) is 4.98. The molecule has 0 aliphatic rings. The Balaban J connectivity index is 1.68. The average molecular weight is 445 g/mol. The zero-order valence-corrected chi connectivity index (χ0v) is 17.5. The highest BCUT2D eigenvalue weighted by Crippen LogP contribution is 2.24. The van der Waals surface area contributed by atoms with Crippen LogP contribution in [0.2, 0.25) is 15.1 Å². The largest absolute Gasteiger partial charge is 0.488 e. The Labute approximate surface area is 184 Å². The lowest BCUT2D eigenvalue weighted by Crippen LogP contribution is -2.07. The maximum absolute atomic E-state index is 9.01. The second-order valence-corrected chi connectivity index (χ2v) is 7.33. The summed E-state index contributed by atoms with van der Waals surface area (Å²) in [5.74, 6) is 0.623. The van der Waals surface area contributed by atoms with Gasteiger partial charge in [-0.25, -0.2) is 0 Å². The van der Waals surface area contributed by atoms with Crippen LogP contribution in [-0.2, 0) is 13.2 Å². The summed E-state index contributed by atoms with van der Waals surface area (Å²) in [6.45, 7) is 0.702. The van der Waals surface area contributed by atoms with Crippen LogP contribution in [0, 0.1) is 11.3 Å². The van der Waals surface area contributed by atoms with Gasteiger partial charge in [0.2, 0.25) is 0 Å². The Morgan fingerprint density at radius 2 is 1.76 bits per heavy atom. The fraction of sp³-hybridized carbons (Fsp3) is 0.0909. The van der Waals surface area contributed by atoms with Crippen LogP contribution in [0.3, 0.4) is 0 Å². The van der Waals surface area contributed by atoms with E-state index in [-0.39, 0.29) is 0 Å². The van der Waals surface area contributed by atoms with Crippen LogP contribution in [0.4, 0.5) is 0 Å². The molecule has 0 saturated carbocycles. The van der Waals surface area contributed by atoms with Gasteiger partial charge in [-0.05, 0) is 48.0 Å². The molecule has 29 heavy (non-hydrogen) atoms. The SMILES string of the molecule is N#Cc1cccc(COc2ccc(Cl)cc2/C=N\NCc2c(Cl)cccc2Cl)c1. The van der Waals surface area contributed by atoms with Gasteiger partial charge in [-0.1, -0.05) is 53.0 Å². The van der Waals surface area contributed by atoms with Crippen molar-refractivity contribution >= 4 is 41.0 Å². The van der Waals surface area contributed by atoms with Crippen LogP contribution in [0.1, 0.15) is 22.3 Å². The monoisotopic (exact) mass is 443 g/mol. The van der Waals surface area contributed by atoms with Gasteiger partial charge in [-0.15, -0.1) is 0 Å². The molecule has 3 rings (SSSR count). The molecule has 146 valence electrons. The summed E-state index contributed by atoms with van der Waals surface area (Å²) in [4.78, 5) is 0. The van der Waals surface area contributed by atoms with E-state index in [2.05, 4.69) is 16.6 Å². The molecular weight excluding hydrogens is 429 g/mol. The summed E-state index contributed by atoms with van der Waals surface area (Å²) in [7, 11) is 0. The van der Waals surface area contributed by atoms with Crippen LogP contribution < -0.4 is 10.2 Å². The summed E-state index contributed by atoms with van der Waals surface area (Å²) in [5, 5.41) is 15.0. The Morgan fingerprint density at radius 1 is 1.00 bits per heavy atom. The first kappa shape index (κ1) is 21.0. The number of benzene rings is 3. The Hall–Kier alpha value is -2.71. The first-order chi connectivity index (χ1) is 14.1. The van der Waals surface area contributed by atoms with Gasteiger partial charge in [0.25, 0.3) is 0 Å². The molecule has 0 unspecified atom stereocenters. The molecule has 0 atom stereocenters. The maximum atomic E-state index is 9.01. The number of nitrogens with zero attached hydrogens (tertiary/aromatic N) is 2. The third kappa shape index (κ3) is 5.88. The van der Waals surface area contributed by atoms with Gasteiger partial charge in [-0.2, -0.15) is 10.4 Å². The minimum atomic E-state index is 0.320. The molecule has 0 aliphatic heterocycles. The van der Waals surface area contributed by atoms with Crippen molar-refractivity contribution in [3.05, 3.63) is 98.0 Å². The third-order valence-electron chi connectivity index (χ3n) is 4.03. The first-order valence-electron chi connectivity index (χ1n) is 8.67. The molecular formula is C22H16Cl3N3O. The van der Waals surface area contributed by atoms with Crippen molar-refractivity contribution < 1.29 is 4.74 Å². The van der Waals surface area contributed by atoms with E-state index in [1.807, 2.05) is 12.1 Å². The van der Waals surface area contributed by atoms with E-state index in [1.54, 1.807) is 54.7 Å². The van der Waals surface area contributed by atoms with E-state index < -0.39 is 0 Å². The molecule has 0 bridgehead atoms. The van der Waals surface area contributed by atoms with E-state index in [4.69, 9.17) is 44.8 Å². The summed E-state index contributed by atoms with van der Waals surface area (Å²) < 4.78 is 5.90. The van der Waals surface area contributed by atoms with E-state index >= 15 is 0 Å². The normalized spacial score (nSPS) is 10.7. The molecule has 0 heterocycles. The molecule has 0 saturated heterocycles. The minimum absolute atomic E-state index is 0.320. The number of ether oxygens (including phenoxy) is 1. The topological polar surface area (TPSA) is 57.4 Å². The van der Waals surface area contributed by atoms with Gasteiger partial charge >= 0.3 is 0 Å². The summed E-state index contributed by atoms with van der Waals surface area (Å²) in [5.41, 5.74) is 5.90. The van der Waals surface area contributed by atoms with Gasteiger partial charge in [-0.3, -0.25) is 0 Å². The molecule has 0 aromatic heterocycles. The van der Waals surface area contributed by atoms with Crippen LogP contribution >= 0.6 is 34.8 Å². The van der Waals surface area contributed by atoms with Crippen molar-refractivity contribution in [2.45, 2.75) is 13.2 Å². The van der Waals surface area contributed by atoms with Gasteiger partial charge in [0.15, 0.2) is 0 Å². The van der Waals surface area contributed by atoms with Crippen molar-refractivity contribution in [2.75, 3.05) is 0 Å². The molecule has 4 nitrogen and oxygen atoms in total. The molecule has 0 spiro atoms. The van der Waals surface area contributed by atoms with Gasteiger partial charge < -0.3 is 10.2 Å². The highest BCUT2D eigenvalue weighted by Gasteiger charge is 2.06. The highest BCUT2D eigenvalue weighted by molar-refractivity contribution is 6.36. The van der Waals surface area contributed by atoms with Crippen LogP contribution in [0.5, 0.6) is 5.75 Å². The quantitative estimate of drug-likeness (QED) is 0.347. The number of nitriles is 1. The van der Waals surface area contributed by atoms with Crippen LogP contribution in [0.25, 0.3) is 0 Å². The Morgan fingerprint density at radius 3 is 2.52 bits per heavy atom. The zero-order chi connectivity index (χ0) is 20.6. The number of hydrazone groups is 1. The van der Waals surface area contributed by atoms with E-state index in [9.17, 15) is 0 Å². The molecule has 3 aromatic rings. The van der Waals surface area contributed by atoms with Crippen molar-refractivity contribution in [3.8, 4) is 11.8 Å². The number of halogens is 3. The van der Waals surface area contributed by atoms with E-state index in [1.165, 1.54) is 0 Å². The van der Waals surface area contributed by atoms with Crippen LogP contribution in [-0.4, -0.2) is 6.21 Å². The zero-order valence-electron chi connectivity index (χ0n) is 15.2. The van der Waals surface area contributed by atoms with Crippen LogP contribution in [0.15, 0.2) is 65.8 Å². The number of rotatable bonds is 7. The molecule has 0 aliphatic carbocycles. The maximum Gasteiger partial charge on any atom is 0.128 e. The Kier molecular flexibility index (Phi) is 7.37. The molecule has 7 heteroatoms. The van der Waals surface area contributed by atoms with E-state index in [0.717, 1.165) is 11.1 Å². The van der Waals surface area contributed by atoms with Crippen molar-refractivity contribution in [2.24, 2.45) is 5.10 Å². The van der Waals surface area contributed by atoms with Crippen molar-refractivity contribution in [1.82, 2.24) is 5.43 Å². The standard InChI is InChI=1S/C22H16Cl3N3O/c23-18-7-8-22(29-14-16-4-1-3-15(9-16)11-26)17(10-18)12-27-28-13-19-20(24)5-2-6-21(19)25/h1-10,12,28H,13-14H2/b27-12-. The summed E-state index contributed by atoms with van der Waals surface area (Å²) in [6.07, 6.45) is 1.62. The summed E-state index contributed by atoms with van der Waals surface area (Å²) in [6, 6.07) is 20.0. The smallest absolute Gasteiger partial charge is 0.128 e. The molecule has 0 amide bonds. The van der Waals surface area contributed by atoms with E-state index in [0.29, 0.717) is 45.1 Å². The molecule has 3 aromatic carbocycles. The molecule has 1 N–H and O–H groups in total. The van der Waals surface area contributed by atoms with Gasteiger partial charge in [0, 0.05) is 26.2 Å². The lowest BCUT2D eigenvalue weighted by Gasteiger charge is -2.10. The number of nitrogens with one attached hydrogen (secondary N) is 1. The second kappa shape index (κ2) is 10.2. The van der Waals surface area contributed by atoms with Gasteiger partial charge in [0.1, 0.15) is 12.4 Å². The number of hydrogen-bond donors (Lipinski definition) is 1. The molecule has 0 fully saturated rings. The number of hydrogen-bond acceptors (Lipinski definition) is 4. The van der Waals surface area contributed by atoms with Crippen molar-refractivity contribution in [3.63, 3.8) is 0 Å². The fourth-order valence-corrected chi connectivity index (χ4v) is 3.30. The highest BCUT2D eigenvalue weighted by atomic mass is 35.5. The predicted octanol–water partition coefficient (Wildman–Crippen LogP) is 6.22. The van der Waals surface area contributed by atoms with Gasteiger partial charge in [0.05, 0.1) is 24.4 Å². The fourth-order valence-electron chi connectivity index (χ4n) is 2.58. The molecule has 0 radical (unpaired) electrons. The lowest BCUT2D eigenvalue weighted by molar-refractivity contribution is 0.306. The minimum Gasteiger partial charge on any atom is -0.488 e. The average Bonchev–Trinajstić information content (AvgIpc) is 2.72. The first-order valence-corrected chi connectivity index (χ1v) is 9.80.